The molecule has 140 valence electrons. The smallest absolute Gasteiger partial charge is 0.210 e. The minimum atomic E-state index is 0.748. The molecule has 0 fully saturated rings. The first-order chi connectivity index (χ1) is 13.7. The largest absolute Gasteiger partial charge is 0.457 e. The maximum atomic E-state index is 6.02. The number of nitrogens with zero attached hydrogens (tertiary/aromatic N) is 2. The van der Waals surface area contributed by atoms with Crippen LogP contribution in [0.2, 0.25) is 5.02 Å². The van der Waals surface area contributed by atoms with Crippen LogP contribution in [0.5, 0.6) is 11.5 Å². The summed E-state index contributed by atoms with van der Waals surface area (Å²) in [6.45, 7) is 0. The molecule has 4 nitrogen and oxygen atoms in total. The summed E-state index contributed by atoms with van der Waals surface area (Å²) >= 11 is 9.19. The van der Waals surface area contributed by atoms with Gasteiger partial charge in [-0.1, -0.05) is 65.0 Å². The van der Waals surface area contributed by atoms with Gasteiger partial charge in [0.25, 0.3) is 0 Å². The van der Waals surface area contributed by atoms with Gasteiger partial charge in [0, 0.05) is 16.5 Å². The van der Waals surface area contributed by atoms with Crippen molar-refractivity contribution in [2.75, 3.05) is 5.32 Å². The van der Waals surface area contributed by atoms with E-state index in [1.165, 1.54) is 11.3 Å². The molecule has 0 spiro atoms. The number of nitrogens with one attached hydrogen (secondary N) is 1. The van der Waals surface area contributed by atoms with Gasteiger partial charge in [-0.25, -0.2) is 0 Å². The van der Waals surface area contributed by atoms with Crippen molar-refractivity contribution in [1.82, 2.24) is 10.2 Å². The van der Waals surface area contributed by atoms with Crippen LogP contribution in [0, 0.1) is 0 Å². The van der Waals surface area contributed by atoms with Crippen molar-refractivity contribution in [3.63, 3.8) is 0 Å². The maximum Gasteiger partial charge on any atom is 0.210 e. The summed E-state index contributed by atoms with van der Waals surface area (Å²) in [5.41, 5.74) is 2.10. The quantitative estimate of drug-likeness (QED) is 0.322. The highest BCUT2D eigenvalue weighted by atomic mass is 35.5. The zero-order valence-electron chi connectivity index (χ0n) is 14.7. The molecule has 0 amide bonds. The number of hydrogen-bond acceptors (Lipinski definition) is 6. The molecule has 0 unspecified atom stereocenters. The summed E-state index contributed by atoms with van der Waals surface area (Å²) in [6.07, 6.45) is 0. The second-order valence-corrected chi connectivity index (χ2v) is 8.49. The minimum absolute atomic E-state index is 0.748. The van der Waals surface area contributed by atoms with Gasteiger partial charge in [0.2, 0.25) is 5.13 Å². The Labute approximate surface area is 176 Å². The predicted octanol–water partition coefficient (Wildman–Crippen LogP) is 7.02. The minimum Gasteiger partial charge on any atom is -0.457 e. The number of anilines is 2. The number of rotatable bonds is 7. The molecule has 3 aromatic carbocycles. The number of thioether (sulfide) groups is 1. The van der Waals surface area contributed by atoms with Crippen molar-refractivity contribution < 1.29 is 4.74 Å². The van der Waals surface area contributed by atoms with Gasteiger partial charge in [-0.3, -0.25) is 0 Å². The van der Waals surface area contributed by atoms with Crippen molar-refractivity contribution in [3.8, 4) is 11.5 Å². The molecule has 28 heavy (non-hydrogen) atoms. The molecule has 1 N–H and O–H groups in total. The molecule has 1 heterocycles. The number of ether oxygens (including phenoxy) is 1. The molecule has 0 radical (unpaired) electrons. The molecule has 0 aliphatic heterocycles. The van der Waals surface area contributed by atoms with E-state index in [1.54, 1.807) is 11.8 Å². The fourth-order valence-corrected chi connectivity index (χ4v) is 4.37. The van der Waals surface area contributed by atoms with Gasteiger partial charge in [-0.05, 0) is 54.1 Å². The molecule has 0 aliphatic rings. The summed E-state index contributed by atoms with van der Waals surface area (Å²) < 4.78 is 6.71. The van der Waals surface area contributed by atoms with Crippen molar-refractivity contribution in [3.05, 3.63) is 89.4 Å². The van der Waals surface area contributed by atoms with Crippen LogP contribution in [-0.2, 0) is 5.75 Å². The number of para-hydroxylation sites is 1. The molecule has 1 aromatic heterocycles. The van der Waals surface area contributed by atoms with E-state index in [2.05, 4.69) is 21.6 Å². The second kappa shape index (κ2) is 9.10. The third-order valence-electron chi connectivity index (χ3n) is 3.74. The maximum absolute atomic E-state index is 6.02. The molecule has 0 saturated heterocycles. The van der Waals surface area contributed by atoms with Crippen LogP contribution in [0.25, 0.3) is 0 Å². The van der Waals surface area contributed by atoms with E-state index in [0.717, 1.165) is 43.0 Å². The Hall–Kier alpha value is -2.54. The molecule has 7 heteroatoms. The Balaban J connectivity index is 1.33. The Morgan fingerprint density at radius 2 is 1.68 bits per heavy atom. The molecular formula is C21H16ClN3OS2. The number of aromatic nitrogens is 2. The number of benzene rings is 3. The highest BCUT2D eigenvalue weighted by molar-refractivity contribution is 8.00. The summed E-state index contributed by atoms with van der Waals surface area (Å²) in [7, 11) is 0. The van der Waals surface area contributed by atoms with Crippen LogP contribution in [-0.4, -0.2) is 10.2 Å². The first-order valence-corrected chi connectivity index (χ1v) is 10.7. The molecule has 0 aliphatic carbocycles. The average Bonchev–Trinajstić information content (AvgIpc) is 3.16. The SMILES string of the molecule is Clc1cccc(CSc2nnc(Nc3ccc(Oc4ccccc4)cc3)s2)c1. The molecular weight excluding hydrogens is 410 g/mol. The lowest BCUT2D eigenvalue weighted by Gasteiger charge is -2.06. The third-order valence-corrected chi connectivity index (χ3v) is 6.02. The van der Waals surface area contributed by atoms with E-state index in [9.17, 15) is 0 Å². The third kappa shape index (κ3) is 5.25. The average molecular weight is 426 g/mol. The zero-order chi connectivity index (χ0) is 19.2. The van der Waals surface area contributed by atoms with Gasteiger partial charge in [0.15, 0.2) is 4.34 Å². The fraction of sp³-hybridized carbons (Fsp3) is 0.0476. The molecule has 4 aromatic rings. The lowest BCUT2D eigenvalue weighted by molar-refractivity contribution is 0.483. The Morgan fingerprint density at radius 3 is 2.46 bits per heavy atom. The fourth-order valence-electron chi connectivity index (χ4n) is 2.44. The van der Waals surface area contributed by atoms with Gasteiger partial charge < -0.3 is 10.1 Å². The van der Waals surface area contributed by atoms with Crippen LogP contribution in [0.15, 0.2) is 83.2 Å². The molecule has 4 rings (SSSR count). The topological polar surface area (TPSA) is 47.0 Å². The predicted molar refractivity (Wildman–Crippen MR) is 117 cm³/mol. The molecule has 0 bridgehead atoms. The monoisotopic (exact) mass is 425 g/mol. The van der Waals surface area contributed by atoms with E-state index in [-0.39, 0.29) is 0 Å². The van der Waals surface area contributed by atoms with Crippen LogP contribution in [0.3, 0.4) is 0 Å². The van der Waals surface area contributed by atoms with E-state index >= 15 is 0 Å². The van der Waals surface area contributed by atoms with Crippen molar-refractivity contribution in [1.29, 1.82) is 0 Å². The molecule has 0 saturated carbocycles. The first kappa shape index (κ1) is 18.8. The lowest BCUT2D eigenvalue weighted by atomic mass is 10.2. The Morgan fingerprint density at radius 1 is 0.893 bits per heavy atom. The van der Waals surface area contributed by atoms with Crippen LogP contribution >= 0.6 is 34.7 Å². The summed E-state index contributed by atoms with van der Waals surface area (Å²) in [4.78, 5) is 0. The standard InChI is InChI=1S/C21H16ClN3OS2/c22-16-6-4-5-15(13-16)14-27-21-25-24-20(28-21)23-17-9-11-19(12-10-17)26-18-7-2-1-3-8-18/h1-13H,14H2,(H,23,24). The molecule has 0 atom stereocenters. The van der Waals surface area contributed by atoms with Gasteiger partial charge in [-0.2, -0.15) is 0 Å². The van der Waals surface area contributed by atoms with E-state index in [0.29, 0.717) is 0 Å². The van der Waals surface area contributed by atoms with Crippen molar-refractivity contribution in [2.45, 2.75) is 10.1 Å². The zero-order valence-corrected chi connectivity index (χ0v) is 17.1. The van der Waals surface area contributed by atoms with E-state index < -0.39 is 0 Å². The second-order valence-electron chi connectivity index (χ2n) is 5.86. The Kier molecular flexibility index (Phi) is 6.11. The van der Waals surface area contributed by atoms with Crippen LogP contribution in [0.1, 0.15) is 5.56 Å². The van der Waals surface area contributed by atoms with Crippen molar-refractivity contribution in [2.24, 2.45) is 0 Å². The van der Waals surface area contributed by atoms with Crippen LogP contribution in [0.4, 0.5) is 10.8 Å². The lowest BCUT2D eigenvalue weighted by Crippen LogP contribution is -1.90. The van der Waals surface area contributed by atoms with Gasteiger partial charge >= 0.3 is 0 Å². The summed E-state index contributed by atoms with van der Waals surface area (Å²) in [6, 6.07) is 25.3. The van der Waals surface area contributed by atoms with Gasteiger partial charge in [0.1, 0.15) is 11.5 Å². The van der Waals surface area contributed by atoms with Crippen LogP contribution < -0.4 is 10.1 Å². The number of hydrogen-bond donors (Lipinski definition) is 1. The Bertz CT molecular complexity index is 1040. The van der Waals surface area contributed by atoms with Gasteiger partial charge in [0.05, 0.1) is 0 Å². The summed E-state index contributed by atoms with van der Waals surface area (Å²) in [5, 5.41) is 13.2. The normalized spacial score (nSPS) is 10.6. The van der Waals surface area contributed by atoms with E-state index in [1.807, 2.05) is 72.8 Å². The highest BCUT2D eigenvalue weighted by Gasteiger charge is 2.06. The van der Waals surface area contributed by atoms with Crippen molar-refractivity contribution >= 4 is 45.5 Å². The van der Waals surface area contributed by atoms with Gasteiger partial charge in [-0.15, -0.1) is 10.2 Å². The van der Waals surface area contributed by atoms with E-state index in [4.69, 9.17) is 16.3 Å². The highest BCUT2D eigenvalue weighted by Crippen LogP contribution is 2.31. The summed E-state index contributed by atoms with van der Waals surface area (Å²) in [5.74, 6) is 2.40. The first-order valence-electron chi connectivity index (χ1n) is 8.55. The number of halogens is 1.